The van der Waals surface area contributed by atoms with Crippen LogP contribution in [0.25, 0.3) is 0 Å². The van der Waals surface area contributed by atoms with Crippen molar-refractivity contribution >= 4 is 29.3 Å². The Hall–Kier alpha value is -3.55. The molecular formula is C23H24FNO6. The van der Waals surface area contributed by atoms with E-state index in [1.807, 2.05) is 0 Å². The quantitative estimate of drug-likeness (QED) is 0.454. The maximum atomic E-state index is 12.8. The zero-order chi connectivity index (χ0) is 22.8. The monoisotopic (exact) mass is 429 g/mol. The van der Waals surface area contributed by atoms with Gasteiger partial charge in [-0.15, -0.1) is 0 Å². The van der Waals surface area contributed by atoms with Gasteiger partial charge in [0, 0.05) is 24.1 Å². The van der Waals surface area contributed by atoms with Crippen molar-refractivity contribution < 1.29 is 33.0 Å². The molecule has 0 heterocycles. The molecule has 0 fully saturated rings. The van der Waals surface area contributed by atoms with E-state index in [4.69, 9.17) is 9.47 Å². The summed E-state index contributed by atoms with van der Waals surface area (Å²) in [5, 5.41) is 2.67. The van der Waals surface area contributed by atoms with Crippen LogP contribution in [0.3, 0.4) is 0 Å². The van der Waals surface area contributed by atoms with Crippen LogP contribution < -0.4 is 5.32 Å². The van der Waals surface area contributed by atoms with Crippen LogP contribution in [0.4, 0.5) is 10.1 Å². The van der Waals surface area contributed by atoms with Gasteiger partial charge in [-0.1, -0.05) is 0 Å². The van der Waals surface area contributed by atoms with Crippen LogP contribution in [-0.4, -0.2) is 36.3 Å². The molecule has 2 rings (SSSR count). The molecule has 0 bridgehead atoms. The summed E-state index contributed by atoms with van der Waals surface area (Å²) in [5.74, 6) is -2.24. The Morgan fingerprint density at radius 1 is 0.903 bits per heavy atom. The lowest BCUT2D eigenvalue weighted by Crippen LogP contribution is -2.15. The van der Waals surface area contributed by atoms with Crippen LogP contribution in [0, 0.1) is 5.82 Å². The number of carbonyl (C=O) groups is 4. The molecule has 0 aliphatic rings. The van der Waals surface area contributed by atoms with Crippen LogP contribution in [0.5, 0.6) is 0 Å². The standard InChI is InChI=1S/C23H24FNO6/c1-15(2)31-23(29)17-8-12-19(13-9-17)25-21(27)4-3-5-22(28)30-14-20(26)16-6-10-18(24)11-7-16/h6-13,15H,3-5,14H2,1-2H3,(H,25,27). The van der Waals surface area contributed by atoms with Crippen molar-refractivity contribution in [1.29, 1.82) is 0 Å². The van der Waals surface area contributed by atoms with Crippen molar-refractivity contribution in [3.63, 3.8) is 0 Å². The molecule has 1 amide bonds. The van der Waals surface area contributed by atoms with Gasteiger partial charge >= 0.3 is 11.9 Å². The van der Waals surface area contributed by atoms with Gasteiger partial charge in [0.25, 0.3) is 0 Å². The summed E-state index contributed by atoms with van der Waals surface area (Å²) < 4.78 is 22.8. The molecule has 0 radical (unpaired) electrons. The van der Waals surface area contributed by atoms with Crippen LogP contribution in [0.15, 0.2) is 48.5 Å². The van der Waals surface area contributed by atoms with Crippen molar-refractivity contribution in [2.75, 3.05) is 11.9 Å². The Kier molecular flexibility index (Phi) is 8.87. The maximum absolute atomic E-state index is 12.8. The SMILES string of the molecule is CC(C)OC(=O)c1ccc(NC(=O)CCCC(=O)OCC(=O)c2ccc(F)cc2)cc1. The van der Waals surface area contributed by atoms with E-state index < -0.39 is 30.1 Å². The van der Waals surface area contributed by atoms with E-state index in [-0.39, 0.29) is 36.8 Å². The molecule has 164 valence electrons. The number of rotatable bonds is 10. The zero-order valence-corrected chi connectivity index (χ0v) is 17.4. The Morgan fingerprint density at radius 2 is 1.52 bits per heavy atom. The third kappa shape index (κ3) is 8.38. The molecule has 0 aliphatic heterocycles. The molecule has 0 aliphatic carbocycles. The van der Waals surface area contributed by atoms with E-state index >= 15 is 0 Å². The lowest BCUT2D eigenvalue weighted by Gasteiger charge is -2.09. The van der Waals surface area contributed by atoms with Gasteiger partial charge in [-0.3, -0.25) is 14.4 Å². The summed E-state index contributed by atoms with van der Waals surface area (Å²) in [6.07, 6.45) is 0.0794. The van der Waals surface area contributed by atoms with Crippen LogP contribution in [-0.2, 0) is 19.1 Å². The predicted molar refractivity (Wildman–Crippen MR) is 111 cm³/mol. The summed E-state index contributed by atoms with van der Waals surface area (Å²) in [4.78, 5) is 47.4. The molecule has 0 unspecified atom stereocenters. The molecule has 2 aromatic rings. The first-order chi connectivity index (χ1) is 14.7. The van der Waals surface area contributed by atoms with Gasteiger partial charge in [-0.25, -0.2) is 9.18 Å². The lowest BCUT2D eigenvalue weighted by atomic mass is 10.1. The average Bonchev–Trinajstić information content (AvgIpc) is 2.72. The van der Waals surface area contributed by atoms with Crippen molar-refractivity contribution in [1.82, 2.24) is 0 Å². The van der Waals surface area contributed by atoms with E-state index in [1.54, 1.807) is 38.1 Å². The first kappa shape index (κ1) is 23.7. The highest BCUT2D eigenvalue weighted by Gasteiger charge is 2.12. The average molecular weight is 429 g/mol. The van der Waals surface area contributed by atoms with Gasteiger partial charge in [0.15, 0.2) is 12.4 Å². The summed E-state index contributed by atoms with van der Waals surface area (Å²) in [5.41, 5.74) is 1.14. The fourth-order valence-electron chi connectivity index (χ4n) is 2.53. The molecule has 0 spiro atoms. The highest BCUT2D eigenvalue weighted by molar-refractivity contribution is 5.98. The second-order valence-corrected chi connectivity index (χ2v) is 7.02. The first-order valence-corrected chi connectivity index (χ1v) is 9.80. The Morgan fingerprint density at radius 3 is 2.13 bits per heavy atom. The number of nitrogens with one attached hydrogen (secondary N) is 1. The molecule has 8 heteroatoms. The minimum Gasteiger partial charge on any atom is -0.459 e. The molecular weight excluding hydrogens is 405 g/mol. The second kappa shape index (κ2) is 11.6. The largest absolute Gasteiger partial charge is 0.459 e. The summed E-state index contributed by atoms with van der Waals surface area (Å²) in [6, 6.07) is 11.2. The highest BCUT2D eigenvalue weighted by Crippen LogP contribution is 2.12. The summed E-state index contributed by atoms with van der Waals surface area (Å²) in [6.45, 7) is 3.07. The van der Waals surface area contributed by atoms with Crippen molar-refractivity contribution in [3.05, 3.63) is 65.5 Å². The number of carbonyl (C=O) groups excluding carboxylic acids is 4. The van der Waals surface area contributed by atoms with E-state index in [0.29, 0.717) is 11.3 Å². The molecule has 0 saturated carbocycles. The zero-order valence-electron chi connectivity index (χ0n) is 17.4. The lowest BCUT2D eigenvalue weighted by molar-refractivity contribution is -0.142. The first-order valence-electron chi connectivity index (χ1n) is 9.80. The van der Waals surface area contributed by atoms with E-state index in [9.17, 15) is 23.6 Å². The second-order valence-electron chi connectivity index (χ2n) is 7.02. The fraction of sp³-hybridized carbons (Fsp3) is 0.304. The van der Waals surface area contributed by atoms with Gasteiger partial charge in [0.1, 0.15) is 5.82 Å². The van der Waals surface area contributed by atoms with Crippen molar-refractivity contribution in [3.8, 4) is 0 Å². The third-order valence-electron chi connectivity index (χ3n) is 4.06. The van der Waals surface area contributed by atoms with E-state index in [2.05, 4.69) is 5.32 Å². The van der Waals surface area contributed by atoms with Gasteiger partial charge in [0.2, 0.25) is 5.91 Å². The minimum atomic E-state index is -0.601. The minimum absolute atomic E-state index is 0.0237. The van der Waals surface area contributed by atoms with Gasteiger partial charge in [-0.05, 0) is 68.8 Å². The number of benzene rings is 2. The summed E-state index contributed by atoms with van der Waals surface area (Å²) >= 11 is 0. The normalized spacial score (nSPS) is 10.5. The van der Waals surface area contributed by atoms with E-state index in [1.165, 1.54) is 12.1 Å². The topological polar surface area (TPSA) is 98.8 Å². The Labute approximate surface area is 179 Å². The number of Topliss-reactive ketones (excluding diaryl/α,β-unsaturated/α-hetero) is 1. The van der Waals surface area contributed by atoms with Gasteiger partial charge in [-0.2, -0.15) is 0 Å². The molecule has 0 saturated heterocycles. The molecule has 0 aromatic heterocycles. The molecule has 1 N–H and O–H groups in total. The smallest absolute Gasteiger partial charge is 0.338 e. The predicted octanol–water partition coefficient (Wildman–Crippen LogP) is 3.93. The van der Waals surface area contributed by atoms with Gasteiger partial charge in [0.05, 0.1) is 11.7 Å². The third-order valence-corrected chi connectivity index (χ3v) is 4.06. The number of ether oxygens (including phenoxy) is 2. The number of ketones is 1. The van der Waals surface area contributed by atoms with Gasteiger partial charge < -0.3 is 14.8 Å². The number of hydrogen-bond donors (Lipinski definition) is 1. The molecule has 31 heavy (non-hydrogen) atoms. The Bertz CT molecular complexity index is 922. The van der Waals surface area contributed by atoms with Crippen molar-refractivity contribution in [2.45, 2.75) is 39.2 Å². The number of esters is 2. The molecule has 7 nitrogen and oxygen atoms in total. The molecule has 0 atom stereocenters. The van der Waals surface area contributed by atoms with Crippen LogP contribution >= 0.6 is 0 Å². The number of amides is 1. The molecule has 2 aromatic carbocycles. The van der Waals surface area contributed by atoms with Crippen LogP contribution in [0.2, 0.25) is 0 Å². The number of anilines is 1. The maximum Gasteiger partial charge on any atom is 0.338 e. The van der Waals surface area contributed by atoms with Crippen LogP contribution in [0.1, 0.15) is 53.8 Å². The van der Waals surface area contributed by atoms with E-state index in [0.717, 1.165) is 12.1 Å². The van der Waals surface area contributed by atoms with Crippen molar-refractivity contribution in [2.24, 2.45) is 0 Å². The number of halogens is 1. The number of hydrogen-bond acceptors (Lipinski definition) is 6. The summed E-state index contributed by atoms with van der Waals surface area (Å²) in [7, 11) is 0. The Balaban J connectivity index is 1.68. The highest BCUT2D eigenvalue weighted by atomic mass is 19.1. The fourth-order valence-corrected chi connectivity index (χ4v) is 2.53.